The second-order valence-corrected chi connectivity index (χ2v) is 5.59. The lowest BCUT2D eigenvalue weighted by molar-refractivity contribution is 0.179. The second kappa shape index (κ2) is 7.12. The van der Waals surface area contributed by atoms with Crippen molar-refractivity contribution in [2.24, 2.45) is 5.92 Å². The lowest BCUT2D eigenvalue weighted by atomic mass is 10.0. The lowest BCUT2D eigenvalue weighted by Gasteiger charge is -2.22. The Morgan fingerprint density at radius 1 is 1.50 bits per heavy atom. The zero-order chi connectivity index (χ0) is 12.8. The molecule has 1 fully saturated rings. The van der Waals surface area contributed by atoms with Gasteiger partial charge in [-0.1, -0.05) is 19.1 Å². The molecule has 0 aliphatic carbocycles. The largest absolute Gasteiger partial charge is 0.381 e. The van der Waals surface area contributed by atoms with Crippen molar-refractivity contribution in [3.05, 3.63) is 30.1 Å². The molecule has 0 bridgehead atoms. The van der Waals surface area contributed by atoms with Crippen LogP contribution >= 0.6 is 11.8 Å². The van der Waals surface area contributed by atoms with Crippen LogP contribution in [0.1, 0.15) is 13.3 Å². The van der Waals surface area contributed by atoms with Crippen molar-refractivity contribution in [3.63, 3.8) is 0 Å². The van der Waals surface area contributed by atoms with Gasteiger partial charge in [-0.25, -0.2) is 4.39 Å². The van der Waals surface area contributed by atoms with Gasteiger partial charge in [-0.15, -0.1) is 11.8 Å². The van der Waals surface area contributed by atoms with E-state index in [0.717, 1.165) is 36.8 Å². The molecule has 0 radical (unpaired) electrons. The van der Waals surface area contributed by atoms with E-state index in [-0.39, 0.29) is 5.82 Å². The number of ether oxygens (including phenoxy) is 1. The van der Waals surface area contributed by atoms with Gasteiger partial charge in [0.1, 0.15) is 5.82 Å². The molecule has 1 heterocycles. The van der Waals surface area contributed by atoms with Gasteiger partial charge in [0, 0.05) is 29.2 Å². The third-order valence-corrected chi connectivity index (χ3v) is 4.42. The van der Waals surface area contributed by atoms with E-state index in [1.807, 2.05) is 12.1 Å². The Balaban J connectivity index is 1.91. The summed E-state index contributed by atoms with van der Waals surface area (Å²) in [6.45, 7) is 4.74. The number of halogens is 1. The molecule has 4 heteroatoms. The Morgan fingerprint density at radius 2 is 2.33 bits per heavy atom. The third kappa shape index (κ3) is 3.70. The molecule has 0 aromatic heterocycles. The van der Waals surface area contributed by atoms with Gasteiger partial charge in [-0.05, 0) is 25.1 Å². The summed E-state index contributed by atoms with van der Waals surface area (Å²) in [5.41, 5.74) is 0. The average molecular weight is 269 g/mol. The molecule has 0 saturated carbocycles. The highest BCUT2D eigenvalue weighted by Gasteiger charge is 2.25. The van der Waals surface area contributed by atoms with E-state index in [2.05, 4.69) is 12.2 Å². The van der Waals surface area contributed by atoms with E-state index in [1.165, 1.54) is 6.07 Å². The highest BCUT2D eigenvalue weighted by Crippen LogP contribution is 2.26. The first kappa shape index (κ1) is 13.8. The van der Waals surface area contributed by atoms with Gasteiger partial charge in [0.25, 0.3) is 0 Å². The fraction of sp³-hybridized carbons (Fsp3) is 0.571. The van der Waals surface area contributed by atoms with Gasteiger partial charge in [-0.3, -0.25) is 0 Å². The summed E-state index contributed by atoms with van der Waals surface area (Å²) >= 11 is 1.59. The topological polar surface area (TPSA) is 21.3 Å². The molecule has 1 saturated heterocycles. The second-order valence-electron chi connectivity index (χ2n) is 4.53. The van der Waals surface area contributed by atoms with E-state index in [4.69, 9.17) is 4.74 Å². The molecule has 1 aliphatic rings. The maximum atomic E-state index is 13.5. The molecule has 1 aromatic rings. The molecule has 1 aromatic carbocycles. The Hall–Kier alpha value is -0.580. The highest BCUT2D eigenvalue weighted by molar-refractivity contribution is 7.99. The number of benzene rings is 1. The van der Waals surface area contributed by atoms with Crippen LogP contribution in [0.3, 0.4) is 0 Å². The van der Waals surface area contributed by atoms with Gasteiger partial charge in [0.05, 0.1) is 6.61 Å². The fourth-order valence-corrected chi connectivity index (χ4v) is 3.37. The molecule has 2 rings (SSSR count). The van der Waals surface area contributed by atoms with E-state index >= 15 is 0 Å². The normalized spacial score (nSPS) is 21.1. The van der Waals surface area contributed by atoms with E-state index in [0.29, 0.717) is 12.0 Å². The van der Waals surface area contributed by atoms with Gasteiger partial charge < -0.3 is 10.1 Å². The molecule has 18 heavy (non-hydrogen) atoms. The predicted octanol–water partition coefficient (Wildman–Crippen LogP) is 2.93. The van der Waals surface area contributed by atoms with Gasteiger partial charge in [-0.2, -0.15) is 0 Å². The maximum Gasteiger partial charge on any atom is 0.136 e. The summed E-state index contributed by atoms with van der Waals surface area (Å²) in [4.78, 5) is 0.735. The molecular formula is C14H20FNOS. The SMILES string of the molecule is CCNC(CSc1ccccc1F)C1CCOC1. The Kier molecular flexibility index (Phi) is 5.47. The molecule has 2 unspecified atom stereocenters. The van der Waals surface area contributed by atoms with Crippen molar-refractivity contribution in [3.8, 4) is 0 Å². The number of hydrogen-bond donors (Lipinski definition) is 1. The van der Waals surface area contributed by atoms with Gasteiger partial charge in [0.2, 0.25) is 0 Å². The van der Waals surface area contributed by atoms with Crippen molar-refractivity contribution in [1.29, 1.82) is 0 Å². The van der Waals surface area contributed by atoms with Crippen LogP contribution in [0.2, 0.25) is 0 Å². The standard InChI is InChI=1S/C14H20FNOS/c1-2-16-13(11-7-8-17-9-11)10-18-14-6-4-3-5-12(14)15/h3-6,11,13,16H,2,7-10H2,1H3. The summed E-state index contributed by atoms with van der Waals surface area (Å²) in [6.07, 6.45) is 1.11. The van der Waals surface area contributed by atoms with Crippen LogP contribution < -0.4 is 5.32 Å². The minimum absolute atomic E-state index is 0.125. The van der Waals surface area contributed by atoms with Crippen LogP contribution in [0.15, 0.2) is 29.2 Å². The lowest BCUT2D eigenvalue weighted by Crippen LogP contribution is -2.38. The van der Waals surface area contributed by atoms with Crippen LogP contribution in [-0.2, 0) is 4.74 Å². The van der Waals surface area contributed by atoms with E-state index < -0.39 is 0 Å². The maximum absolute atomic E-state index is 13.5. The highest BCUT2D eigenvalue weighted by atomic mass is 32.2. The number of thioether (sulfide) groups is 1. The summed E-state index contributed by atoms with van der Waals surface area (Å²) < 4.78 is 19.0. The molecule has 2 atom stereocenters. The Bertz CT molecular complexity index is 369. The first-order valence-corrected chi connectivity index (χ1v) is 7.48. The average Bonchev–Trinajstić information content (AvgIpc) is 2.90. The van der Waals surface area contributed by atoms with Crippen molar-refractivity contribution in [1.82, 2.24) is 5.32 Å². The zero-order valence-electron chi connectivity index (χ0n) is 10.7. The molecule has 0 amide bonds. The summed E-state index contributed by atoms with van der Waals surface area (Å²) in [7, 11) is 0. The third-order valence-electron chi connectivity index (χ3n) is 3.26. The first-order chi connectivity index (χ1) is 8.81. The van der Waals surface area contributed by atoms with Crippen molar-refractivity contribution < 1.29 is 9.13 Å². The fourth-order valence-electron chi connectivity index (χ4n) is 2.24. The number of hydrogen-bond acceptors (Lipinski definition) is 3. The zero-order valence-corrected chi connectivity index (χ0v) is 11.5. The molecule has 1 N–H and O–H groups in total. The minimum Gasteiger partial charge on any atom is -0.381 e. The van der Waals surface area contributed by atoms with Crippen molar-refractivity contribution in [2.45, 2.75) is 24.3 Å². The van der Waals surface area contributed by atoms with Crippen LogP contribution in [-0.4, -0.2) is 31.6 Å². The van der Waals surface area contributed by atoms with Crippen molar-refractivity contribution in [2.75, 3.05) is 25.5 Å². The molecule has 100 valence electrons. The van der Waals surface area contributed by atoms with Crippen LogP contribution in [0.5, 0.6) is 0 Å². The first-order valence-electron chi connectivity index (χ1n) is 6.49. The van der Waals surface area contributed by atoms with Crippen molar-refractivity contribution >= 4 is 11.8 Å². The van der Waals surface area contributed by atoms with Crippen LogP contribution in [0.4, 0.5) is 4.39 Å². The number of rotatable bonds is 6. The Morgan fingerprint density at radius 3 is 3.00 bits per heavy atom. The van der Waals surface area contributed by atoms with Crippen LogP contribution in [0, 0.1) is 11.7 Å². The molecule has 2 nitrogen and oxygen atoms in total. The molecule has 1 aliphatic heterocycles. The Labute approximate surface area is 112 Å². The number of nitrogens with one attached hydrogen (secondary N) is 1. The molecular weight excluding hydrogens is 249 g/mol. The predicted molar refractivity (Wildman–Crippen MR) is 73.5 cm³/mol. The quantitative estimate of drug-likeness (QED) is 0.802. The molecule has 0 spiro atoms. The summed E-state index contributed by atoms with van der Waals surface area (Å²) in [6, 6.07) is 7.37. The van der Waals surface area contributed by atoms with Gasteiger partial charge >= 0.3 is 0 Å². The van der Waals surface area contributed by atoms with E-state index in [9.17, 15) is 4.39 Å². The smallest absolute Gasteiger partial charge is 0.136 e. The van der Waals surface area contributed by atoms with Gasteiger partial charge in [0.15, 0.2) is 0 Å². The summed E-state index contributed by atoms with van der Waals surface area (Å²) in [5, 5.41) is 3.49. The van der Waals surface area contributed by atoms with Crippen LogP contribution in [0.25, 0.3) is 0 Å². The monoisotopic (exact) mass is 269 g/mol. The van der Waals surface area contributed by atoms with E-state index in [1.54, 1.807) is 17.8 Å². The minimum atomic E-state index is -0.125. The summed E-state index contributed by atoms with van der Waals surface area (Å²) in [5.74, 6) is 1.33.